The number of nitrogens with zero attached hydrogens (tertiary/aromatic N) is 1. The van der Waals surface area contributed by atoms with Gasteiger partial charge in [-0.2, -0.15) is 0 Å². The van der Waals surface area contributed by atoms with Crippen molar-refractivity contribution in [3.8, 4) is 11.1 Å². The van der Waals surface area contributed by atoms with E-state index < -0.39 is 23.5 Å². The van der Waals surface area contributed by atoms with E-state index in [1.165, 1.54) is 28.4 Å². The van der Waals surface area contributed by atoms with Crippen molar-refractivity contribution in [2.75, 3.05) is 16.8 Å². The number of thiophene rings is 1. The zero-order valence-electron chi connectivity index (χ0n) is 16.7. The van der Waals surface area contributed by atoms with Gasteiger partial charge in [0.05, 0.1) is 17.2 Å². The number of primary amides is 1. The minimum absolute atomic E-state index is 0.0397. The third-order valence-corrected chi connectivity index (χ3v) is 6.29. The highest BCUT2D eigenvalue weighted by Gasteiger charge is 2.37. The van der Waals surface area contributed by atoms with Crippen LogP contribution in [-0.4, -0.2) is 24.3 Å². The Kier molecular flexibility index (Phi) is 5.56. The number of halogens is 1. The molecular weight excluding hydrogens is 417 g/mol. The molecule has 8 heteroatoms. The fourth-order valence-electron chi connectivity index (χ4n) is 3.82. The largest absolute Gasteiger partial charge is 0.365 e. The van der Waals surface area contributed by atoms with Gasteiger partial charge in [-0.15, -0.1) is 11.3 Å². The minimum atomic E-state index is -0.671. The Morgan fingerprint density at radius 1 is 1.13 bits per heavy atom. The van der Waals surface area contributed by atoms with Gasteiger partial charge in [-0.1, -0.05) is 42.5 Å². The number of amides is 3. The number of para-hydroxylation sites is 1. The van der Waals surface area contributed by atoms with Crippen molar-refractivity contribution in [3.63, 3.8) is 0 Å². The van der Waals surface area contributed by atoms with E-state index in [-0.39, 0.29) is 30.1 Å². The number of rotatable bonds is 5. The Bertz CT molecular complexity index is 1180. The lowest BCUT2D eigenvalue weighted by molar-refractivity contribution is -0.122. The lowest BCUT2D eigenvalue weighted by Gasteiger charge is -2.17. The van der Waals surface area contributed by atoms with Crippen molar-refractivity contribution in [3.05, 3.63) is 70.9 Å². The van der Waals surface area contributed by atoms with Crippen LogP contribution in [0.3, 0.4) is 0 Å². The summed E-state index contributed by atoms with van der Waals surface area (Å²) in [6.07, 6.45) is -0.0397. The summed E-state index contributed by atoms with van der Waals surface area (Å²) in [5.41, 5.74) is 7.55. The van der Waals surface area contributed by atoms with Gasteiger partial charge in [-0.05, 0) is 24.6 Å². The van der Waals surface area contributed by atoms with E-state index >= 15 is 0 Å². The molecule has 0 spiro atoms. The van der Waals surface area contributed by atoms with Crippen LogP contribution < -0.4 is 16.0 Å². The Morgan fingerprint density at radius 2 is 1.81 bits per heavy atom. The Hall–Kier alpha value is -3.52. The number of anilines is 2. The lowest BCUT2D eigenvalue weighted by atomic mass is 10.0. The SMILES string of the molecule is Cc1sc(NC(=O)C2CC(=O)N(c3ccccc3F)C2)c(C(N)=O)c1-c1ccccc1. The van der Waals surface area contributed by atoms with Gasteiger partial charge in [0.15, 0.2) is 0 Å². The van der Waals surface area contributed by atoms with E-state index in [1.807, 2.05) is 37.3 Å². The first-order valence-electron chi connectivity index (χ1n) is 9.71. The molecule has 31 heavy (non-hydrogen) atoms. The summed E-state index contributed by atoms with van der Waals surface area (Å²) in [5.74, 6) is -2.57. The van der Waals surface area contributed by atoms with Crippen LogP contribution in [0.15, 0.2) is 54.6 Å². The molecule has 1 aromatic heterocycles. The monoisotopic (exact) mass is 437 g/mol. The molecule has 158 valence electrons. The van der Waals surface area contributed by atoms with Crippen LogP contribution in [0.1, 0.15) is 21.7 Å². The number of hydrogen-bond donors (Lipinski definition) is 2. The van der Waals surface area contributed by atoms with E-state index in [2.05, 4.69) is 5.32 Å². The van der Waals surface area contributed by atoms with Gasteiger partial charge in [0.1, 0.15) is 10.8 Å². The van der Waals surface area contributed by atoms with Gasteiger partial charge in [-0.25, -0.2) is 4.39 Å². The predicted octanol–water partition coefficient (Wildman–Crippen LogP) is 3.95. The Labute approximate surface area is 182 Å². The van der Waals surface area contributed by atoms with E-state index in [1.54, 1.807) is 12.1 Å². The van der Waals surface area contributed by atoms with Crippen LogP contribution in [0.5, 0.6) is 0 Å². The van der Waals surface area contributed by atoms with Crippen LogP contribution in [-0.2, 0) is 9.59 Å². The van der Waals surface area contributed by atoms with Crippen LogP contribution in [0.2, 0.25) is 0 Å². The Balaban J connectivity index is 1.59. The summed E-state index contributed by atoms with van der Waals surface area (Å²) < 4.78 is 14.1. The van der Waals surface area contributed by atoms with Crippen LogP contribution in [0.25, 0.3) is 11.1 Å². The fourth-order valence-corrected chi connectivity index (χ4v) is 4.91. The molecule has 0 radical (unpaired) electrons. The number of carbonyl (C=O) groups is 3. The second-order valence-corrected chi connectivity index (χ2v) is 8.54. The molecule has 1 aliphatic heterocycles. The van der Waals surface area contributed by atoms with Crippen molar-refractivity contribution in [2.24, 2.45) is 11.7 Å². The van der Waals surface area contributed by atoms with Crippen molar-refractivity contribution in [1.29, 1.82) is 0 Å². The van der Waals surface area contributed by atoms with E-state index in [0.717, 1.165) is 10.4 Å². The van der Waals surface area contributed by atoms with Gasteiger partial charge < -0.3 is 16.0 Å². The van der Waals surface area contributed by atoms with E-state index in [0.29, 0.717) is 10.6 Å². The number of hydrogen-bond acceptors (Lipinski definition) is 4. The maximum absolute atomic E-state index is 14.1. The zero-order chi connectivity index (χ0) is 22.1. The van der Waals surface area contributed by atoms with Crippen molar-refractivity contribution in [2.45, 2.75) is 13.3 Å². The molecule has 0 saturated carbocycles. The highest BCUT2D eigenvalue weighted by Crippen LogP contribution is 2.40. The summed E-state index contributed by atoms with van der Waals surface area (Å²) in [4.78, 5) is 39.7. The molecule has 3 amide bonds. The molecule has 1 aliphatic rings. The van der Waals surface area contributed by atoms with Crippen LogP contribution >= 0.6 is 11.3 Å². The number of aryl methyl sites for hydroxylation is 1. The molecule has 3 aromatic rings. The third-order valence-electron chi connectivity index (χ3n) is 5.27. The topological polar surface area (TPSA) is 92.5 Å². The van der Waals surface area contributed by atoms with Gasteiger partial charge >= 0.3 is 0 Å². The van der Waals surface area contributed by atoms with Gasteiger partial charge in [-0.3, -0.25) is 14.4 Å². The number of carbonyl (C=O) groups excluding carboxylic acids is 3. The molecule has 1 fully saturated rings. The number of nitrogens with one attached hydrogen (secondary N) is 1. The average Bonchev–Trinajstić information content (AvgIpc) is 3.29. The summed E-state index contributed by atoms with van der Waals surface area (Å²) in [5, 5.41) is 3.13. The molecule has 0 aliphatic carbocycles. The summed E-state index contributed by atoms with van der Waals surface area (Å²) in [6.45, 7) is 1.92. The normalized spacial score (nSPS) is 15.9. The maximum Gasteiger partial charge on any atom is 0.252 e. The lowest BCUT2D eigenvalue weighted by Crippen LogP contribution is -2.29. The van der Waals surface area contributed by atoms with Crippen LogP contribution in [0, 0.1) is 18.7 Å². The number of benzene rings is 2. The highest BCUT2D eigenvalue weighted by molar-refractivity contribution is 7.17. The molecule has 1 atom stereocenters. The maximum atomic E-state index is 14.1. The number of nitrogens with two attached hydrogens (primary N) is 1. The van der Waals surface area contributed by atoms with Gasteiger partial charge in [0.2, 0.25) is 11.8 Å². The molecule has 6 nitrogen and oxygen atoms in total. The standard InChI is InChI=1S/C23H20FN3O3S/c1-13-19(14-7-3-2-4-8-14)20(21(25)29)23(31-13)26-22(30)15-11-18(28)27(12-15)17-10-6-5-9-16(17)24/h2-10,15H,11-12H2,1H3,(H2,25,29)(H,26,30). The minimum Gasteiger partial charge on any atom is -0.365 e. The summed E-state index contributed by atoms with van der Waals surface area (Å²) in [6, 6.07) is 15.3. The van der Waals surface area contributed by atoms with Crippen molar-refractivity contribution in [1.82, 2.24) is 0 Å². The molecule has 3 N–H and O–H groups in total. The molecule has 4 rings (SSSR count). The second kappa shape index (κ2) is 8.31. The van der Waals surface area contributed by atoms with Gasteiger partial charge in [0.25, 0.3) is 5.91 Å². The quantitative estimate of drug-likeness (QED) is 0.633. The van der Waals surface area contributed by atoms with Crippen molar-refractivity contribution >= 4 is 39.7 Å². The zero-order valence-corrected chi connectivity index (χ0v) is 17.5. The van der Waals surface area contributed by atoms with Gasteiger partial charge in [0, 0.05) is 23.4 Å². The first kappa shape index (κ1) is 20.7. The molecule has 0 bridgehead atoms. The third kappa shape index (κ3) is 3.94. The first-order chi connectivity index (χ1) is 14.9. The first-order valence-corrected chi connectivity index (χ1v) is 10.5. The second-order valence-electron chi connectivity index (χ2n) is 7.31. The Morgan fingerprint density at radius 3 is 2.48 bits per heavy atom. The van der Waals surface area contributed by atoms with E-state index in [9.17, 15) is 18.8 Å². The predicted molar refractivity (Wildman–Crippen MR) is 118 cm³/mol. The molecule has 2 heterocycles. The fraction of sp³-hybridized carbons (Fsp3) is 0.174. The summed E-state index contributed by atoms with van der Waals surface area (Å²) >= 11 is 1.26. The molecule has 1 unspecified atom stereocenters. The van der Waals surface area contributed by atoms with Crippen LogP contribution in [0.4, 0.5) is 15.1 Å². The smallest absolute Gasteiger partial charge is 0.252 e. The van der Waals surface area contributed by atoms with E-state index in [4.69, 9.17) is 5.73 Å². The average molecular weight is 437 g/mol. The molecule has 2 aromatic carbocycles. The summed E-state index contributed by atoms with van der Waals surface area (Å²) in [7, 11) is 0. The van der Waals surface area contributed by atoms with Crippen molar-refractivity contribution < 1.29 is 18.8 Å². The molecular formula is C23H20FN3O3S. The highest BCUT2D eigenvalue weighted by atomic mass is 32.1. The molecule has 1 saturated heterocycles.